The zero-order chi connectivity index (χ0) is 15.2. The summed E-state index contributed by atoms with van der Waals surface area (Å²) in [5, 5.41) is 1.02. The fraction of sp³-hybridized carbons (Fsp3) is 0.176. The van der Waals surface area contributed by atoms with Crippen molar-refractivity contribution in [1.29, 1.82) is 0 Å². The number of carbonyl (C=O) groups is 1. The number of primary amides is 1. The summed E-state index contributed by atoms with van der Waals surface area (Å²) in [7, 11) is 0. The number of aromatic nitrogens is 1. The molecule has 1 aromatic carbocycles. The van der Waals surface area contributed by atoms with Gasteiger partial charge in [-0.3, -0.25) is 9.78 Å². The van der Waals surface area contributed by atoms with E-state index in [1.54, 1.807) is 6.20 Å². The van der Waals surface area contributed by atoms with E-state index in [0.717, 1.165) is 21.2 Å². The number of nitrogens with zero attached hydrogens (tertiary/aromatic N) is 1. The fourth-order valence-corrected chi connectivity index (χ4v) is 2.84. The highest BCUT2D eigenvalue weighted by molar-refractivity contribution is 7.20. The molecule has 0 bridgehead atoms. The summed E-state index contributed by atoms with van der Waals surface area (Å²) in [6, 6.07) is 11.8. The molecule has 0 aliphatic rings. The first kappa shape index (κ1) is 15.2. The number of fused-ring (bicyclic) bond motifs is 1. The molecule has 21 heavy (non-hydrogen) atoms. The highest BCUT2D eigenvalue weighted by atomic mass is 32.1. The van der Waals surface area contributed by atoms with Crippen LogP contribution >= 0.6 is 11.3 Å². The van der Waals surface area contributed by atoms with Crippen molar-refractivity contribution in [3.05, 3.63) is 53.7 Å². The van der Waals surface area contributed by atoms with E-state index in [2.05, 4.69) is 18.8 Å². The molecule has 4 heteroatoms. The van der Waals surface area contributed by atoms with Crippen LogP contribution < -0.4 is 5.73 Å². The van der Waals surface area contributed by atoms with E-state index >= 15 is 0 Å². The average molecular weight is 298 g/mol. The summed E-state index contributed by atoms with van der Waals surface area (Å²) in [6.45, 7) is 4.25. The summed E-state index contributed by atoms with van der Waals surface area (Å²) in [4.78, 5) is 16.0. The largest absolute Gasteiger partial charge is 0.365 e. The normalized spacial score (nSPS) is 10.0. The third-order valence-electron chi connectivity index (χ3n) is 2.77. The predicted octanol–water partition coefficient (Wildman–Crippen LogP) is 4.48. The number of pyridine rings is 1. The lowest BCUT2D eigenvalue weighted by Gasteiger charge is -2.01. The molecule has 3 aromatic rings. The molecule has 0 unspecified atom stereocenters. The number of hydrogen-bond donors (Lipinski definition) is 1. The van der Waals surface area contributed by atoms with E-state index in [9.17, 15) is 4.79 Å². The average Bonchev–Trinajstić information content (AvgIpc) is 2.93. The Morgan fingerprint density at radius 3 is 2.48 bits per heavy atom. The van der Waals surface area contributed by atoms with Crippen LogP contribution in [-0.4, -0.2) is 10.9 Å². The molecule has 1 amide bonds. The fourth-order valence-electron chi connectivity index (χ4n) is 1.93. The third kappa shape index (κ3) is 3.47. The van der Waals surface area contributed by atoms with Gasteiger partial charge in [0.2, 0.25) is 0 Å². The lowest BCUT2D eigenvalue weighted by molar-refractivity contribution is 0.100. The molecule has 0 aliphatic heterocycles. The molecule has 108 valence electrons. The maximum atomic E-state index is 11.2. The van der Waals surface area contributed by atoms with Crippen LogP contribution in [0, 0.1) is 0 Å². The Kier molecular flexibility index (Phi) is 5.06. The Labute approximate surface area is 128 Å². The van der Waals surface area contributed by atoms with Crippen molar-refractivity contribution >= 4 is 27.3 Å². The summed E-state index contributed by atoms with van der Waals surface area (Å²) in [6.07, 6.45) is 4.83. The van der Waals surface area contributed by atoms with Gasteiger partial charge < -0.3 is 5.73 Å². The smallest absolute Gasteiger partial charge is 0.258 e. The molecular weight excluding hydrogens is 280 g/mol. The molecule has 2 heterocycles. The number of nitrogens with two attached hydrogens (primary N) is 1. The zero-order valence-corrected chi connectivity index (χ0v) is 13.0. The van der Waals surface area contributed by atoms with Crippen LogP contribution in [-0.2, 0) is 0 Å². The maximum absolute atomic E-state index is 11.2. The molecular formula is C17H18N2OS. The molecule has 0 fully saturated rings. The van der Waals surface area contributed by atoms with Crippen molar-refractivity contribution in [3.8, 4) is 11.1 Å². The van der Waals surface area contributed by atoms with Gasteiger partial charge in [-0.05, 0) is 11.6 Å². The number of amides is 1. The zero-order valence-electron chi connectivity index (χ0n) is 12.2. The van der Waals surface area contributed by atoms with Crippen molar-refractivity contribution < 1.29 is 4.79 Å². The molecule has 3 nitrogen and oxygen atoms in total. The molecule has 3 rings (SSSR count). The summed E-state index contributed by atoms with van der Waals surface area (Å²) >= 11 is 1.38. The Hall–Kier alpha value is -2.20. The van der Waals surface area contributed by atoms with Gasteiger partial charge >= 0.3 is 0 Å². The maximum Gasteiger partial charge on any atom is 0.258 e. The second-order valence-electron chi connectivity index (χ2n) is 4.65. The summed E-state index contributed by atoms with van der Waals surface area (Å²) in [5.74, 6) is -0.393. The molecule has 0 spiro atoms. The molecule has 0 atom stereocenters. The van der Waals surface area contributed by atoms with Crippen LogP contribution in [0.25, 0.3) is 21.2 Å². The molecule has 0 saturated carbocycles. The second kappa shape index (κ2) is 6.99. The quantitative estimate of drug-likeness (QED) is 0.758. The second-order valence-corrected chi connectivity index (χ2v) is 5.73. The van der Waals surface area contributed by atoms with Crippen LogP contribution in [0.3, 0.4) is 0 Å². The van der Waals surface area contributed by atoms with E-state index in [4.69, 9.17) is 5.73 Å². The number of carbonyl (C=O) groups excluding carboxylic acids is 1. The van der Waals surface area contributed by atoms with Crippen molar-refractivity contribution in [2.45, 2.75) is 20.3 Å². The van der Waals surface area contributed by atoms with Crippen molar-refractivity contribution in [2.75, 3.05) is 0 Å². The number of hydrogen-bond acceptors (Lipinski definition) is 3. The Balaban J connectivity index is 0.000000497. The van der Waals surface area contributed by atoms with Crippen molar-refractivity contribution in [3.63, 3.8) is 0 Å². The number of thiophene rings is 1. The SMILES string of the molecule is CCC.NC(=O)c1cc2c(-c3ccccc3)cncc2s1. The molecule has 2 N–H and O–H groups in total. The standard InChI is InChI=1S/C14H10N2OS.C3H8/c15-14(17)12-6-10-11(7-16-8-13(10)18-12)9-4-2-1-3-5-9;1-3-2/h1-8H,(H2,15,17);3H2,1-2H3. The first-order valence-corrected chi connectivity index (χ1v) is 7.71. The minimum atomic E-state index is -0.393. The van der Waals surface area contributed by atoms with Gasteiger partial charge in [0, 0.05) is 23.3 Å². The minimum absolute atomic E-state index is 0.393. The van der Waals surface area contributed by atoms with Gasteiger partial charge in [0.25, 0.3) is 5.91 Å². The first-order chi connectivity index (χ1) is 10.2. The van der Waals surface area contributed by atoms with E-state index in [-0.39, 0.29) is 0 Å². The lowest BCUT2D eigenvalue weighted by atomic mass is 10.0. The van der Waals surface area contributed by atoms with Crippen LogP contribution in [0.4, 0.5) is 0 Å². The van der Waals surface area contributed by atoms with E-state index in [0.29, 0.717) is 4.88 Å². The Morgan fingerprint density at radius 2 is 1.86 bits per heavy atom. The Morgan fingerprint density at radius 1 is 1.19 bits per heavy atom. The van der Waals surface area contributed by atoms with Crippen LogP contribution in [0.5, 0.6) is 0 Å². The lowest BCUT2D eigenvalue weighted by Crippen LogP contribution is -2.08. The van der Waals surface area contributed by atoms with Gasteiger partial charge in [0.05, 0.1) is 9.58 Å². The van der Waals surface area contributed by atoms with Gasteiger partial charge in [-0.25, -0.2) is 0 Å². The van der Waals surface area contributed by atoms with Gasteiger partial charge in [0.15, 0.2) is 0 Å². The Bertz CT molecular complexity index is 735. The monoisotopic (exact) mass is 298 g/mol. The van der Waals surface area contributed by atoms with Crippen molar-refractivity contribution in [2.24, 2.45) is 5.73 Å². The first-order valence-electron chi connectivity index (χ1n) is 6.90. The van der Waals surface area contributed by atoms with E-state index in [1.807, 2.05) is 42.6 Å². The van der Waals surface area contributed by atoms with Crippen LogP contribution in [0.15, 0.2) is 48.8 Å². The third-order valence-corrected chi connectivity index (χ3v) is 3.86. The van der Waals surface area contributed by atoms with Gasteiger partial charge in [-0.1, -0.05) is 50.6 Å². The van der Waals surface area contributed by atoms with Gasteiger partial charge in [-0.2, -0.15) is 0 Å². The summed E-state index contributed by atoms with van der Waals surface area (Å²) in [5.41, 5.74) is 7.43. The number of benzene rings is 1. The summed E-state index contributed by atoms with van der Waals surface area (Å²) < 4.78 is 0.977. The highest BCUT2D eigenvalue weighted by Crippen LogP contribution is 2.32. The van der Waals surface area contributed by atoms with Gasteiger partial charge in [0.1, 0.15) is 0 Å². The van der Waals surface area contributed by atoms with Crippen LogP contribution in [0.1, 0.15) is 29.9 Å². The van der Waals surface area contributed by atoms with E-state index in [1.165, 1.54) is 17.8 Å². The molecule has 0 radical (unpaired) electrons. The van der Waals surface area contributed by atoms with Crippen LogP contribution in [0.2, 0.25) is 0 Å². The topological polar surface area (TPSA) is 56.0 Å². The van der Waals surface area contributed by atoms with Crippen molar-refractivity contribution in [1.82, 2.24) is 4.98 Å². The molecule has 2 aromatic heterocycles. The van der Waals surface area contributed by atoms with E-state index < -0.39 is 5.91 Å². The minimum Gasteiger partial charge on any atom is -0.365 e. The molecule has 0 aliphatic carbocycles. The highest BCUT2D eigenvalue weighted by Gasteiger charge is 2.10. The molecule has 0 saturated heterocycles. The van der Waals surface area contributed by atoms with Gasteiger partial charge in [-0.15, -0.1) is 11.3 Å². The predicted molar refractivity (Wildman–Crippen MR) is 89.5 cm³/mol. The number of rotatable bonds is 2.